The first kappa shape index (κ1) is 21.6. The Balaban J connectivity index is 1.09. The maximum Gasteiger partial charge on any atom is 0.513 e. The fourth-order valence-corrected chi connectivity index (χ4v) is 5.98. The van der Waals surface area contributed by atoms with Crippen molar-refractivity contribution in [2.45, 2.75) is 6.42 Å². The number of carbonyl (C=O) groups excluding carboxylic acids is 4. The summed E-state index contributed by atoms with van der Waals surface area (Å²) in [6.45, 7) is -0.194. The van der Waals surface area contributed by atoms with E-state index in [1.165, 1.54) is 36.3 Å². The van der Waals surface area contributed by atoms with Crippen LogP contribution in [-0.2, 0) is 14.3 Å². The molecule has 1 saturated heterocycles. The van der Waals surface area contributed by atoms with Gasteiger partial charge in [0.05, 0.1) is 24.6 Å². The van der Waals surface area contributed by atoms with Crippen LogP contribution in [0.4, 0.5) is 10.5 Å². The normalized spacial score (nSPS) is 29.5. The van der Waals surface area contributed by atoms with E-state index >= 15 is 0 Å². The summed E-state index contributed by atoms with van der Waals surface area (Å²) in [7, 11) is 1.21. The van der Waals surface area contributed by atoms with Crippen molar-refractivity contribution in [2.75, 3.05) is 18.6 Å². The third kappa shape index (κ3) is 3.51. The first-order valence-corrected chi connectivity index (χ1v) is 11.6. The SMILES string of the molecule is COC(=O)Oc1ccc(C(=O)COc2ccc(N3C(=O)[C@@H]4[C@H](C3=O)C3C=C[C@H]4C4C[C@@H]34)cc2)cc1. The van der Waals surface area contributed by atoms with Gasteiger partial charge in [0.2, 0.25) is 11.8 Å². The summed E-state index contributed by atoms with van der Waals surface area (Å²) in [4.78, 5) is 51.4. The number of methoxy groups -OCH3 is 1. The summed E-state index contributed by atoms with van der Waals surface area (Å²) >= 11 is 0. The second-order valence-corrected chi connectivity index (χ2v) is 9.45. The second-order valence-electron chi connectivity index (χ2n) is 9.45. The molecule has 2 aromatic rings. The summed E-state index contributed by atoms with van der Waals surface area (Å²) in [5.74, 6) is 1.27. The standard InChI is InChI=1S/C27H23NO7/c1-33-27(32)35-17-6-2-14(3-7-17)22(29)13-34-16-8-4-15(5-9-16)28-25(30)23-18-10-11-19(21-12-20(18)21)24(23)26(28)31/h2-11,18-21,23-24H,12-13H2,1H3/t18-,19?,20?,21-,23-,24+/m0/s1. The molecule has 0 aromatic heterocycles. The van der Waals surface area contributed by atoms with Crippen molar-refractivity contribution in [1.29, 1.82) is 0 Å². The Kier molecular flexibility index (Phi) is 4.98. The number of ketones is 1. The van der Waals surface area contributed by atoms with Gasteiger partial charge in [-0.25, -0.2) is 4.79 Å². The molecule has 6 atom stereocenters. The summed E-state index contributed by atoms with van der Waals surface area (Å²) in [6.07, 6.45) is 4.60. The van der Waals surface area contributed by atoms with Gasteiger partial charge in [0.15, 0.2) is 12.4 Å². The van der Waals surface area contributed by atoms with Crippen molar-refractivity contribution in [2.24, 2.45) is 35.5 Å². The molecule has 2 bridgehead atoms. The molecule has 8 heteroatoms. The number of hydrogen-bond acceptors (Lipinski definition) is 7. The summed E-state index contributed by atoms with van der Waals surface area (Å²) in [5.41, 5.74) is 0.929. The van der Waals surface area contributed by atoms with Gasteiger partial charge in [0, 0.05) is 5.56 Å². The third-order valence-corrected chi connectivity index (χ3v) is 7.67. The van der Waals surface area contributed by atoms with Crippen LogP contribution in [0, 0.1) is 35.5 Å². The molecule has 2 saturated carbocycles. The molecular formula is C27H23NO7. The van der Waals surface area contributed by atoms with Crippen molar-refractivity contribution in [1.82, 2.24) is 0 Å². The Morgan fingerprint density at radius 1 is 0.857 bits per heavy atom. The van der Waals surface area contributed by atoms with Crippen LogP contribution in [0.1, 0.15) is 16.8 Å². The fraction of sp³-hybridized carbons (Fsp3) is 0.333. The zero-order chi connectivity index (χ0) is 24.3. The lowest BCUT2D eigenvalue weighted by Gasteiger charge is -2.37. The average molecular weight is 473 g/mol. The predicted octanol–water partition coefficient (Wildman–Crippen LogP) is 3.65. The number of ether oxygens (including phenoxy) is 3. The van der Waals surface area contributed by atoms with Crippen molar-refractivity contribution < 1.29 is 33.4 Å². The molecule has 35 heavy (non-hydrogen) atoms. The smallest absolute Gasteiger partial charge is 0.485 e. The number of carbonyl (C=O) groups is 4. The van der Waals surface area contributed by atoms with E-state index < -0.39 is 6.16 Å². The van der Waals surface area contributed by atoms with Crippen molar-refractivity contribution in [3.63, 3.8) is 0 Å². The predicted molar refractivity (Wildman–Crippen MR) is 123 cm³/mol. The van der Waals surface area contributed by atoms with E-state index in [0.29, 0.717) is 28.8 Å². The minimum atomic E-state index is -0.840. The van der Waals surface area contributed by atoms with Crippen molar-refractivity contribution in [3.8, 4) is 11.5 Å². The Morgan fingerprint density at radius 2 is 1.43 bits per heavy atom. The fourth-order valence-electron chi connectivity index (χ4n) is 5.98. The summed E-state index contributed by atoms with van der Waals surface area (Å²) in [5, 5.41) is 0. The van der Waals surface area contributed by atoms with Gasteiger partial charge in [-0.2, -0.15) is 0 Å². The third-order valence-electron chi connectivity index (χ3n) is 7.67. The van der Waals surface area contributed by atoms with E-state index in [-0.39, 0.29) is 53.6 Å². The summed E-state index contributed by atoms with van der Waals surface area (Å²) < 4.78 is 14.9. The van der Waals surface area contributed by atoms with Gasteiger partial charge in [0.25, 0.3) is 0 Å². The van der Waals surface area contributed by atoms with Crippen LogP contribution >= 0.6 is 0 Å². The van der Waals surface area contributed by atoms with Crippen LogP contribution in [0.3, 0.4) is 0 Å². The molecule has 0 N–H and O–H groups in total. The van der Waals surface area contributed by atoms with E-state index in [1.54, 1.807) is 24.3 Å². The number of amides is 2. The number of Topliss-reactive ketones (excluding diaryl/α,β-unsaturated/α-hetero) is 1. The number of benzene rings is 2. The number of hydrogen-bond donors (Lipinski definition) is 0. The van der Waals surface area contributed by atoms with Crippen molar-refractivity contribution in [3.05, 3.63) is 66.2 Å². The molecule has 5 aliphatic rings. The molecule has 3 fully saturated rings. The van der Waals surface area contributed by atoms with Crippen molar-refractivity contribution >= 4 is 29.4 Å². The van der Waals surface area contributed by atoms with Crippen LogP contribution in [0.15, 0.2) is 60.7 Å². The van der Waals surface area contributed by atoms with Crippen LogP contribution < -0.4 is 14.4 Å². The van der Waals surface area contributed by atoms with Gasteiger partial charge in [-0.05, 0) is 78.6 Å². The van der Waals surface area contributed by atoms with E-state index in [4.69, 9.17) is 9.47 Å². The first-order valence-electron chi connectivity index (χ1n) is 11.6. The molecule has 2 unspecified atom stereocenters. The maximum atomic E-state index is 13.2. The van der Waals surface area contributed by atoms with Crippen LogP contribution in [0.2, 0.25) is 0 Å². The van der Waals surface area contributed by atoms with Gasteiger partial charge < -0.3 is 14.2 Å². The number of anilines is 1. The molecule has 178 valence electrons. The molecule has 2 amide bonds. The van der Waals surface area contributed by atoms with Gasteiger partial charge in [-0.3, -0.25) is 19.3 Å². The molecule has 0 radical (unpaired) electrons. The zero-order valence-corrected chi connectivity index (χ0v) is 19.0. The van der Waals surface area contributed by atoms with Crippen LogP contribution in [-0.4, -0.2) is 37.5 Å². The Labute approximate surface area is 201 Å². The highest BCUT2D eigenvalue weighted by atomic mass is 16.7. The lowest BCUT2D eigenvalue weighted by Crippen LogP contribution is -2.40. The van der Waals surface area contributed by atoms with E-state index in [1.807, 2.05) is 0 Å². The maximum absolute atomic E-state index is 13.2. The van der Waals surface area contributed by atoms with Crippen LogP contribution in [0.5, 0.6) is 11.5 Å². The highest BCUT2D eigenvalue weighted by Crippen LogP contribution is 2.65. The molecule has 4 aliphatic carbocycles. The second kappa shape index (κ2) is 8.08. The van der Waals surface area contributed by atoms with E-state index in [2.05, 4.69) is 16.9 Å². The number of nitrogens with zero attached hydrogens (tertiary/aromatic N) is 1. The molecule has 1 heterocycles. The lowest BCUT2D eigenvalue weighted by atomic mass is 9.63. The molecule has 0 spiro atoms. The lowest BCUT2D eigenvalue weighted by molar-refractivity contribution is -0.124. The zero-order valence-electron chi connectivity index (χ0n) is 19.0. The van der Waals surface area contributed by atoms with Gasteiger partial charge in [-0.15, -0.1) is 0 Å². The quantitative estimate of drug-likeness (QED) is 0.208. The average Bonchev–Trinajstić information content (AvgIpc) is 3.66. The number of rotatable bonds is 6. The Bertz CT molecular complexity index is 1210. The van der Waals surface area contributed by atoms with Crippen LogP contribution in [0.25, 0.3) is 0 Å². The minimum absolute atomic E-state index is 0.104. The molecule has 8 nitrogen and oxygen atoms in total. The largest absolute Gasteiger partial charge is 0.513 e. The van der Waals surface area contributed by atoms with E-state index in [0.717, 1.165) is 6.42 Å². The first-order chi connectivity index (χ1) is 17.0. The van der Waals surface area contributed by atoms with Gasteiger partial charge in [-0.1, -0.05) is 12.2 Å². The van der Waals surface area contributed by atoms with Gasteiger partial charge in [0.1, 0.15) is 11.5 Å². The van der Waals surface area contributed by atoms with Gasteiger partial charge >= 0.3 is 6.16 Å². The molecule has 2 aromatic carbocycles. The Hall–Kier alpha value is -3.94. The molecule has 1 aliphatic heterocycles. The molecule has 7 rings (SSSR count). The topological polar surface area (TPSA) is 99.2 Å². The highest BCUT2D eigenvalue weighted by molar-refractivity contribution is 6.22. The summed E-state index contributed by atoms with van der Waals surface area (Å²) in [6, 6.07) is 12.7. The monoisotopic (exact) mass is 473 g/mol. The number of imide groups is 1. The number of allylic oxidation sites excluding steroid dienone is 2. The molecular weight excluding hydrogens is 450 g/mol. The minimum Gasteiger partial charge on any atom is -0.485 e. The highest BCUT2D eigenvalue weighted by Gasteiger charge is 2.67. The Morgan fingerprint density at radius 3 is 2.00 bits per heavy atom. The van der Waals surface area contributed by atoms with E-state index in [9.17, 15) is 19.2 Å².